The van der Waals surface area contributed by atoms with Crippen LogP contribution in [0.2, 0.25) is 0 Å². The Hall–Kier alpha value is -8.05. The minimum Gasteiger partial charge on any atom is -0.311 e. The highest BCUT2D eigenvalue weighted by Crippen LogP contribution is 2.53. The first-order valence-corrected chi connectivity index (χ1v) is 25.2. The number of anilines is 9. The molecule has 0 aliphatic carbocycles. The van der Waals surface area contributed by atoms with Gasteiger partial charge in [-0.25, -0.2) is 0 Å². The molecule has 7 heteroatoms. The predicted octanol–water partition coefficient (Wildman–Crippen LogP) is 15.5. The minimum atomic E-state index is -0.120. The molecule has 0 saturated carbocycles. The molecular weight excluding hydrogens is 870 g/mol. The van der Waals surface area contributed by atoms with E-state index in [4.69, 9.17) is 0 Å². The van der Waals surface area contributed by atoms with Gasteiger partial charge in [0.2, 0.25) is 0 Å². The molecule has 0 amide bonds. The third-order valence-corrected chi connectivity index (χ3v) is 16.3. The average Bonchev–Trinajstić information content (AvgIpc) is 3.92. The number of thiophene rings is 1. The zero-order valence-electron chi connectivity index (χ0n) is 40.0. The number of hydrogen-bond acceptors (Lipinski definition) is 5. The van der Waals surface area contributed by atoms with Crippen LogP contribution in [0.5, 0.6) is 0 Å². The number of nitriles is 1. The van der Waals surface area contributed by atoms with Crippen LogP contribution in [-0.2, 0) is 10.8 Å². The number of fused-ring (bicyclic) bond motifs is 12. The summed E-state index contributed by atoms with van der Waals surface area (Å²) in [5, 5.41) is 16.0. The molecule has 3 aliphatic rings. The van der Waals surface area contributed by atoms with E-state index in [0.29, 0.717) is 5.56 Å². The molecule has 5 heterocycles. The molecule has 9 aromatic carbocycles. The van der Waals surface area contributed by atoms with E-state index < -0.39 is 0 Å². The fourth-order valence-corrected chi connectivity index (χ4v) is 13.0. The van der Waals surface area contributed by atoms with Crippen LogP contribution in [0.15, 0.2) is 182 Å². The third-order valence-electron chi connectivity index (χ3n) is 15.2. The number of hydrogen-bond donors (Lipinski definition) is 0. The Balaban J connectivity index is 1.06. The number of para-hydroxylation sites is 3. The molecule has 5 nitrogen and oxygen atoms in total. The van der Waals surface area contributed by atoms with Gasteiger partial charge in [0.25, 0.3) is 6.71 Å². The van der Waals surface area contributed by atoms with Gasteiger partial charge in [-0.1, -0.05) is 139 Å². The van der Waals surface area contributed by atoms with Crippen molar-refractivity contribution in [1.29, 1.82) is 5.26 Å². The first kappa shape index (κ1) is 41.0. The molecule has 0 unspecified atom stereocenters. The fourth-order valence-electron chi connectivity index (χ4n) is 11.9. The smallest absolute Gasteiger partial charge is 0.252 e. The standard InChI is InChI=1S/C63H48BN5S/c1-62(2,3)39-21-25-41(26-22-39)66(42-27-23-40(24-28-42)63(4,5)6)43-30-32-49-54(35-43)67(44-29-31-47-46-14-8-10-20-57(46)70-58(47)36-44)55-33-38(37-65)34-56-59(55)64(49)50-16-12-19-53-61(50)69(56)52-18-11-15-48-45-13-7-9-17-51(45)68(53)60(48)52/h7-36H,1-6H3. The van der Waals surface area contributed by atoms with E-state index in [1.54, 1.807) is 0 Å². The van der Waals surface area contributed by atoms with Crippen LogP contribution in [-0.4, -0.2) is 11.3 Å². The first-order chi connectivity index (χ1) is 33.9. The predicted molar refractivity (Wildman–Crippen MR) is 298 cm³/mol. The van der Waals surface area contributed by atoms with Crippen molar-refractivity contribution in [2.24, 2.45) is 0 Å². The molecule has 0 fully saturated rings. The van der Waals surface area contributed by atoms with Gasteiger partial charge in [-0.15, -0.1) is 11.3 Å². The molecule has 0 N–H and O–H groups in total. The molecule has 0 atom stereocenters. The lowest BCUT2D eigenvalue weighted by atomic mass is 9.33. The maximum Gasteiger partial charge on any atom is 0.252 e. The molecule has 0 bridgehead atoms. The first-order valence-electron chi connectivity index (χ1n) is 24.3. The van der Waals surface area contributed by atoms with Crippen molar-refractivity contribution in [3.05, 3.63) is 199 Å². The molecule has 0 saturated heterocycles. The Bertz CT molecular complexity index is 4010. The zero-order chi connectivity index (χ0) is 47.4. The number of aromatic nitrogens is 1. The molecular formula is C63H48BN5S. The van der Waals surface area contributed by atoms with Gasteiger partial charge in [0.15, 0.2) is 0 Å². The molecule has 334 valence electrons. The molecule has 2 aromatic heterocycles. The molecule has 0 spiro atoms. The second-order valence-corrected chi connectivity index (χ2v) is 22.4. The molecule has 3 aliphatic heterocycles. The number of benzene rings is 9. The summed E-state index contributed by atoms with van der Waals surface area (Å²) >= 11 is 1.84. The van der Waals surface area contributed by atoms with Crippen molar-refractivity contribution in [3.63, 3.8) is 0 Å². The van der Waals surface area contributed by atoms with Gasteiger partial charge in [0, 0.05) is 70.8 Å². The van der Waals surface area contributed by atoms with Crippen molar-refractivity contribution in [2.75, 3.05) is 14.7 Å². The fraction of sp³-hybridized carbons (Fsp3) is 0.127. The van der Waals surface area contributed by atoms with Crippen LogP contribution in [0.25, 0.3) is 47.7 Å². The summed E-state index contributed by atoms with van der Waals surface area (Å²) in [6, 6.07) is 70.3. The Kier molecular flexibility index (Phi) is 8.48. The summed E-state index contributed by atoms with van der Waals surface area (Å²) < 4.78 is 4.98. The highest BCUT2D eigenvalue weighted by molar-refractivity contribution is 7.25. The summed E-state index contributed by atoms with van der Waals surface area (Å²) in [5.74, 6) is 0. The van der Waals surface area contributed by atoms with Crippen molar-refractivity contribution in [2.45, 2.75) is 52.4 Å². The highest BCUT2D eigenvalue weighted by Gasteiger charge is 2.46. The van der Waals surface area contributed by atoms with Crippen LogP contribution < -0.4 is 31.1 Å². The lowest BCUT2D eigenvalue weighted by Crippen LogP contribution is -2.61. The van der Waals surface area contributed by atoms with Crippen molar-refractivity contribution in [1.82, 2.24) is 4.57 Å². The summed E-state index contributed by atoms with van der Waals surface area (Å²) in [4.78, 5) is 7.34. The van der Waals surface area contributed by atoms with Gasteiger partial charge in [0.05, 0.1) is 39.7 Å². The second-order valence-electron chi connectivity index (χ2n) is 21.3. The Labute approximate surface area is 412 Å². The maximum absolute atomic E-state index is 11.1. The second kappa shape index (κ2) is 14.5. The van der Waals surface area contributed by atoms with Gasteiger partial charge < -0.3 is 19.3 Å². The molecule has 70 heavy (non-hydrogen) atoms. The Morgan fingerprint density at radius 1 is 0.486 bits per heavy atom. The minimum absolute atomic E-state index is 0.0167. The van der Waals surface area contributed by atoms with Crippen LogP contribution in [0, 0.1) is 11.3 Å². The molecule has 0 radical (unpaired) electrons. The van der Waals surface area contributed by atoms with Gasteiger partial charge in [-0.2, -0.15) is 5.26 Å². The Morgan fingerprint density at radius 2 is 1.10 bits per heavy atom. The summed E-state index contributed by atoms with van der Waals surface area (Å²) in [6.07, 6.45) is 0. The monoisotopic (exact) mass is 917 g/mol. The van der Waals surface area contributed by atoms with Crippen LogP contribution in [0.1, 0.15) is 58.2 Å². The summed E-state index contributed by atoms with van der Waals surface area (Å²) in [6.45, 7) is 13.5. The van der Waals surface area contributed by atoms with E-state index in [2.05, 4.69) is 249 Å². The van der Waals surface area contributed by atoms with E-state index in [-0.39, 0.29) is 17.5 Å². The molecule has 11 aromatic rings. The third kappa shape index (κ3) is 5.78. The molecule has 14 rings (SSSR count). The highest BCUT2D eigenvalue weighted by atomic mass is 32.1. The lowest BCUT2D eigenvalue weighted by molar-refractivity contribution is 0.590. The number of rotatable bonds is 4. The zero-order valence-corrected chi connectivity index (χ0v) is 40.9. The van der Waals surface area contributed by atoms with Gasteiger partial charge >= 0.3 is 0 Å². The van der Waals surface area contributed by atoms with Gasteiger partial charge in [-0.05, 0) is 123 Å². The van der Waals surface area contributed by atoms with Gasteiger partial charge in [0.1, 0.15) is 0 Å². The quantitative estimate of drug-likeness (QED) is 0.165. The normalized spacial score (nSPS) is 13.5. The van der Waals surface area contributed by atoms with Crippen LogP contribution in [0.3, 0.4) is 0 Å². The van der Waals surface area contributed by atoms with Crippen LogP contribution in [0.4, 0.5) is 51.2 Å². The lowest BCUT2D eigenvalue weighted by Gasteiger charge is -2.46. The van der Waals surface area contributed by atoms with E-state index in [0.717, 1.165) is 56.9 Å². The van der Waals surface area contributed by atoms with Crippen LogP contribution >= 0.6 is 11.3 Å². The Morgan fingerprint density at radius 3 is 1.81 bits per heavy atom. The summed E-state index contributed by atoms with van der Waals surface area (Å²) in [5.41, 5.74) is 20.2. The summed E-state index contributed by atoms with van der Waals surface area (Å²) in [7, 11) is 0. The van der Waals surface area contributed by atoms with E-state index >= 15 is 0 Å². The maximum atomic E-state index is 11.1. The van der Waals surface area contributed by atoms with Crippen molar-refractivity contribution < 1.29 is 0 Å². The topological polar surface area (TPSA) is 38.4 Å². The average molecular weight is 918 g/mol. The van der Waals surface area contributed by atoms with Crippen molar-refractivity contribution >= 4 is 128 Å². The SMILES string of the molecule is CC(C)(C)c1ccc(N(c2ccc(C(C)(C)C)cc2)c2ccc3c(c2)N(c2ccc4c(c2)sc2ccccc24)c2cc(C#N)cc4c2B3c2cccc3c2N4c2cccc4c5ccccc5n-3c24)cc1. The van der Waals surface area contributed by atoms with E-state index in [1.165, 1.54) is 69.5 Å². The van der Waals surface area contributed by atoms with E-state index in [9.17, 15) is 5.26 Å². The van der Waals surface area contributed by atoms with Crippen molar-refractivity contribution in [3.8, 4) is 11.8 Å². The van der Waals surface area contributed by atoms with Gasteiger partial charge in [-0.3, -0.25) is 0 Å². The van der Waals surface area contributed by atoms with E-state index in [1.807, 2.05) is 11.3 Å². The number of nitrogens with zero attached hydrogens (tertiary/aromatic N) is 5. The largest absolute Gasteiger partial charge is 0.311 e.